The highest BCUT2D eigenvalue weighted by Gasteiger charge is 2.15. The lowest BCUT2D eigenvalue weighted by Crippen LogP contribution is -2.30. The Balaban J connectivity index is 2.89. The first-order valence-corrected chi connectivity index (χ1v) is 7.94. The zero-order valence-corrected chi connectivity index (χ0v) is 13.5. The molecule has 0 aliphatic carbocycles. The third-order valence-electron chi connectivity index (χ3n) is 3.41. The fourth-order valence-corrected chi connectivity index (χ4v) is 2.36. The van der Waals surface area contributed by atoms with Crippen LogP contribution in [0.5, 0.6) is 0 Å². The minimum atomic E-state index is -0.205. The van der Waals surface area contributed by atoms with Gasteiger partial charge in [0.05, 0.1) is 12.3 Å². The van der Waals surface area contributed by atoms with Gasteiger partial charge in [0.1, 0.15) is 5.82 Å². The molecule has 0 bridgehead atoms. The number of unbranched alkanes of at least 4 members (excludes halogenated alkanes) is 1. The van der Waals surface area contributed by atoms with Gasteiger partial charge in [0.15, 0.2) is 0 Å². The molecule has 0 radical (unpaired) electrons. The quantitative estimate of drug-likeness (QED) is 0.696. The predicted molar refractivity (Wildman–Crippen MR) is 87.2 cm³/mol. The van der Waals surface area contributed by atoms with Crippen LogP contribution in [0.15, 0.2) is 18.2 Å². The third kappa shape index (κ3) is 6.02. The van der Waals surface area contributed by atoms with Crippen molar-refractivity contribution in [1.82, 2.24) is 5.32 Å². The van der Waals surface area contributed by atoms with Crippen LogP contribution in [-0.2, 0) is 6.54 Å². The first kappa shape index (κ1) is 17.9. The van der Waals surface area contributed by atoms with E-state index in [1.807, 2.05) is 11.0 Å². The molecule has 4 heteroatoms. The summed E-state index contributed by atoms with van der Waals surface area (Å²) in [5.41, 5.74) is 1.59. The first-order valence-electron chi connectivity index (χ1n) is 7.94. The molecule has 2 N–H and O–H groups in total. The normalized spacial score (nSPS) is 11.1. The van der Waals surface area contributed by atoms with Gasteiger partial charge in [-0.15, -0.1) is 0 Å². The summed E-state index contributed by atoms with van der Waals surface area (Å²) in [6.07, 6.45) is 2.05. The van der Waals surface area contributed by atoms with Gasteiger partial charge in [-0.05, 0) is 30.5 Å². The Kier molecular flexibility index (Phi) is 8.31. The largest absolute Gasteiger partial charge is 0.395 e. The van der Waals surface area contributed by atoms with Crippen molar-refractivity contribution in [3.05, 3.63) is 29.6 Å². The summed E-state index contributed by atoms with van der Waals surface area (Å²) < 4.78 is 14.3. The Morgan fingerprint density at radius 3 is 2.67 bits per heavy atom. The maximum Gasteiger partial charge on any atom is 0.146 e. The van der Waals surface area contributed by atoms with Gasteiger partial charge in [0.25, 0.3) is 0 Å². The fourth-order valence-electron chi connectivity index (χ4n) is 2.36. The van der Waals surface area contributed by atoms with Crippen molar-refractivity contribution in [2.75, 3.05) is 31.1 Å². The molecule has 0 saturated carbocycles. The molecule has 3 nitrogen and oxygen atoms in total. The number of hydrogen-bond donors (Lipinski definition) is 2. The van der Waals surface area contributed by atoms with Gasteiger partial charge >= 0.3 is 0 Å². The van der Waals surface area contributed by atoms with E-state index in [0.717, 1.165) is 31.5 Å². The zero-order valence-electron chi connectivity index (χ0n) is 13.5. The second-order valence-electron chi connectivity index (χ2n) is 5.84. The highest BCUT2D eigenvalue weighted by atomic mass is 19.1. The molecule has 0 amide bonds. The van der Waals surface area contributed by atoms with Crippen molar-refractivity contribution >= 4 is 5.69 Å². The first-order chi connectivity index (χ1) is 10.1. The molecule has 21 heavy (non-hydrogen) atoms. The maximum absolute atomic E-state index is 14.3. The lowest BCUT2D eigenvalue weighted by molar-refractivity contribution is 0.301. The Morgan fingerprint density at radius 2 is 2.05 bits per heavy atom. The van der Waals surface area contributed by atoms with E-state index in [1.165, 1.54) is 6.07 Å². The van der Waals surface area contributed by atoms with Crippen molar-refractivity contribution in [3.63, 3.8) is 0 Å². The van der Waals surface area contributed by atoms with E-state index in [0.29, 0.717) is 24.7 Å². The lowest BCUT2D eigenvalue weighted by atomic mass is 10.1. The molecule has 120 valence electrons. The Morgan fingerprint density at radius 1 is 1.29 bits per heavy atom. The molecular weight excluding hydrogens is 267 g/mol. The second-order valence-corrected chi connectivity index (χ2v) is 5.84. The highest BCUT2D eigenvalue weighted by molar-refractivity contribution is 5.55. The van der Waals surface area contributed by atoms with E-state index in [1.54, 1.807) is 6.07 Å². The van der Waals surface area contributed by atoms with E-state index < -0.39 is 0 Å². The van der Waals surface area contributed by atoms with E-state index in [-0.39, 0.29) is 12.4 Å². The smallest absolute Gasteiger partial charge is 0.146 e. The molecule has 0 aromatic heterocycles. The van der Waals surface area contributed by atoms with Crippen LogP contribution in [0.2, 0.25) is 0 Å². The monoisotopic (exact) mass is 296 g/mol. The highest BCUT2D eigenvalue weighted by Crippen LogP contribution is 2.25. The van der Waals surface area contributed by atoms with Gasteiger partial charge in [-0.2, -0.15) is 0 Å². The van der Waals surface area contributed by atoms with Crippen LogP contribution >= 0.6 is 0 Å². The summed E-state index contributed by atoms with van der Waals surface area (Å²) >= 11 is 0. The summed E-state index contributed by atoms with van der Waals surface area (Å²) in [6, 6.07) is 5.21. The Labute approximate surface area is 128 Å². The van der Waals surface area contributed by atoms with Crippen LogP contribution in [0.4, 0.5) is 10.1 Å². The summed E-state index contributed by atoms with van der Waals surface area (Å²) in [5.74, 6) is 0.360. The van der Waals surface area contributed by atoms with E-state index in [2.05, 4.69) is 26.1 Å². The Hall–Kier alpha value is -1.13. The van der Waals surface area contributed by atoms with Gasteiger partial charge in [-0.3, -0.25) is 0 Å². The summed E-state index contributed by atoms with van der Waals surface area (Å²) in [5, 5.41) is 12.6. The maximum atomic E-state index is 14.3. The number of aliphatic hydroxyl groups excluding tert-OH is 1. The van der Waals surface area contributed by atoms with Gasteiger partial charge in [-0.1, -0.05) is 39.3 Å². The van der Waals surface area contributed by atoms with E-state index in [4.69, 9.17) is 0 Å². The molecule has 0 fully saturated rings. The molecule has 1 rings (SSSR count). The molecule has 0 heterocycles. The second kappa shape index (κ2) is 9.74. The van der Waals surface area contributed by atoms with Crippen molar-refractivity contribution in [3.8, 4) is 0 Å². The van der Waals surface area contributed by atoms with Crippen LogP contribution in [0.3, 0.4) is 0 Å². The number of para-hydroxylation sites is 1. The molecule has 1 aromatic carbocycles. The van der Waals surface area contributed by atoms with Crippen LogP contribution in [0.1, 0.15) is 39.2 Å². The zero-order chi connectivity index (χ0) is 15.7. The van der Waals surface area contributed by atoms with Crippen LogP contribution in [0, 0.1) is 11.7 Å². The average Bonchev–Trinajstić information content (AvgIpc) is 2.44. The number of anilines is 1. The van der Waals surface area contributed by atoms with Crippen molar-refractivity contribution in [1.29, 1.82) is 0 Å². The lowest BCUT2D eigenvalue weighted by Gasteiger charge is -2.27. The van der Waals surface area contributed by atoms with Gasteiger partial charge in [0.2, 0.25) is 0 Å². The Bertz CT molecular complexity index is 410. The average molecular weight is 296 g/mol. The molecule has 0 spiro atoms. The molecule has 0 saturated heterocycles. The fraction of sp³-hybridized carbons (Fsp3) is 0.647. The summed E-state index contributed by atoms with van der Waals surface area (Å²) in [6.45, 7) is 9.26. The van der Waals surface area contributed by atoms with Crippen molar-refractivity contribution < 1.29 is 9.50 Å². The standard InChI is InChI=1S/C17H29FN2O/c1-4-5-9-20(10-11-21)17-15(7-6-8-16(17)18)13-19-12-14(2)3/h6-8,14,19,21H,4-5,9-13H2,1-3H3. The van der Waals surface area contributed by atoms with Gasteiger partial charge in [0, 0.05) is 19.6 Å². The predicted octanol–water partition coefficient (Wildman–Crippen LogP) is 3.17. The molecule has 0 atom stereocenters. The molecule has 1 aromatic rings. The number of hydrogen-bond acceptors (Lipinski definition) is 3. The number of benzene rings is 1. The SMILES string of the molecule is CCCCN(CCO)c1c(F)cccc1CNCC(C)C. The number of aliphatic hydroxyl groups is 1. The van der Waals surface area contributed by atoms with E-state index in [9.17, 15) is 9.50 Å². The molecular formula is C17H29FN2O. The number of rotatable bonds is 10. The number of halogens is 1. The van der Waals surface area contributed by atoms with Crippen molar-refractivity contribution in [2.24, 2.45) is 5.92 Å². The molecule has 0 unspecified atom stereocenters. The van der Waals surface area contributed by atoms with Crippen LogP contribution < -0.4 is 10.2 Å². The van der Waals surface area contributed by atoms with Crippen molar-refractivity contribution in [2.45, 2.75) is 40.2 Å². The minimum absolute atomic E-state index is 0.0386. The number of nitrogens with one attached hydrogen (secondary N) is 1. The molecule has 0 aliphatic heterocycles. The van der Waals surface area contributed by atoms with E-state index >= 15 is 0 Å². The van der Waals surface area contributed by atoms with Crippen LogP contribution in [0.25, 0.3) is 0 Å². The number of nitrogens with zero attached hydrogens (tertiary/aromatic N) is 1. The topological polar surface area (TPSA) is 35.5 Å². The minimum Gasteiger partial charge on any atom is -0.395 e. The summed E-state index contributed by atoms with van der Waals surface area (Å²) in [4.78, 5) is 1.96. The van der Waals surface area contributed by atoms with Gasteiger partial charge in [-0.25, -0.2) is 4.39 Å². The third-order valence-corrected chi connectivity index (χ3v) is 3.41. The van der Waals surface area contributed by atoms with Gasteiger partial charge < -0.3 is 15.3 Å². The van der Waals surface area contributed by atoms with Crippen LogP contribution in [-0.4, -0.2) is 31.3 Å². The summed E-state index contributed by atoms with van der Waals surface area (Å²) in [7, 11) is 0. The molecule has 0 aliphatic rings.